The fourth-order valence-electron chi connectivity index (χ4n) is 1.56. The summed E-state index contributed by atoms with van der Waals surface area (Å²) in [6.45, 7) is 4.99. The van der Waals surface area contributed by atoms with Crippen LogP contribution in [0.4, 0.5) is 0 Å². The van der Waals surface area contributed by atoms with Gasteiger partial charge in [0.2, 0.25) is 0 Å². The zero-order chi connectivity index (χ0) is 9.94. The number of rotatable bonds is 9. The van der Waals surface area contributed by atoms with Crippen LogP contribution >= 0.6 is 0 Å². The summed E-state index contributed by atoms with van der Waals surface area (Å²) in [5.74, 6) is 0. The number of aliphatic hydroxyl groups is 1. The first kappa shape index (κ1) is 13.8. The Balaban J connectivity index is 3.47. The molecule has 13 heavy (non-hydrogen) atoms. The number of hydrogen-bond donors (Lipinski definition) is 1. The molecule has 0 heterocycles. The molecule has 0 saturated heterocycles. The van der Waals surface area contributed by atoms with Gasteiger partial charge in [-0.3, -0.25) is 0 Å². The molecule has 0 bridgehead atoms. The third-order valence-corrected chi connectivity index (χ3v) is 11.5. The van der Waals surface area contributed by atoms with Gasteiger partial charge in [-0.25, -0.2) is 0 Å². The van der Waals surface area contributed by atoms with E-state index in [9.17, 15) is 0 Å². The van der Waals surface area contributed by atoms with E-state index in [1.54, 1.807) is 8.87 Å². The van der Waals surface area contributed by atoms with E-state index in [2.05, 4.69) is 13.8 Å². The van der Waals surface area contributed by atoms with Crippen molar-refractivity contribution in [2.24, 2.45) is 0 Å². The molecule has 0 unspecified atom stereocenters. The van der Waals surface area contributed by atoms with E-state index in [4.69, 9.17) is 5.11 Å². The molecule has 2 heteroatoms. The fourth-order valence-corrected chi connectivity index (χ4v) is 10.4. The van der Waals surface area contributed by atoms with E-state index < -0.39 is 19.8 Å². The maximum atomic E-state index is 8.80. The van der Waals surface area contributed by atoms with Gasteiger partial charge in [0.05, 0.1) is 0 Å². The van der Waals surface area contributed by atoms with Crippen molar-refractivity contribution in [1.29, 1.82) is 0 Å². The first-order chi connectivity index (χ1) is 6.35. The van der Waals surface area contributed by atoms with Crippen molar-refractivity contribution in [3.05, 3.63) is 0 Å². The van der Waals surface area contributed by atoms with Crippen LogP contribution in [0.25, 0.3) is 0 Å². The fraction of sp³-hybridized carbons (Fsp3) is 1.00. The van der Waals surface area contributed by atoms with E-state index >= 15 is 0 Å². The Morgan fingerprint density at radius 1 is 0.846 bits per heavy atom. The van der Waals surface area contributed by atoms with Gasteiger partial charge in [-0.2, -0.15) is 0 Å². The summed E-state index contributed by atoms with van der Waals surface area (Å²) in [7, 11) is 0. The van der Waals surface area contributed by atoms with Crippen LogP contribution in [-0.2, 0) is 0 Å². The van der Waals surface area contributed by atoms with E-state index in [1.165, 1.54) is 30.1 Å². The van der Waals surface area contributed by atoms with Crippen LogP contribution in [-0.4, -0.2) is 31.5 Å². The summed E-state index contributed by atoms with van der Waals surface area (Å²) in [5, 5.41) is 8.80. The van der Waals surface area contributed by atoms with Crippen molar-refractivity contribution in [3.8, 4) is 0 Å². The van der Waals surface area contributed by atoms with Gasteiger partial charge in [-0.15, -0.1) is 0 Å². The number of unbranched alkanes of at least 4 members (excludes halogenated alkanes) is 2. The van der Waals surface area contributed by atoms with E-state index in [0.717, 1.165) is 6.42 Å². The zero-order valence-corrected chi connectivity index (χ0v) is 12.2. The summed E-state index contributed by atoms with van der Waals surface area (Å²) in [6, 6.07) is 0. The molecule has 0 aromatic carbocycles. The Bertz CT molecular complexity index is 77.1. The molecule has 0 rings (SSSR count). The van der Waals surface area contributed by atoms with Gasteiger partial charge >= 0.3 is 90.7 Å². The van der Waals surface area contributed by atoms with Gasteiger partial charge in [0, 0.05) is 0 Å². The van der Waals surface area contributed by atoms with Gasteiger partial charge in [0.15, 0.2) is 0 Å². The molecule has 0 fully saturated rings. The van der Waals surface area contributed by atoms with E-state index in [0.29, 0.717) is 6.61 Å². The summed E-state index contributed by atoms with van der Waals surface area (Å²) >= 11 is -0.999. The molecule has 0 aromatic heterocycles. The molecule has 1 nitrogen and oxygen atoms in total. The van der Waals surface area contributed by atoms with Crippen molar-refractivity contribution < 1.29 is 5.11 Å². The molecule has 0 aliphatic rings. The molecule has 0 aliphatic heterocycles. The molecule has 0 atom stereocenters. The van der Waals surface area contributed by atoms with Crippen LogP contribution in [0, 0.1) is 0 Å². The Labute approximate surface area is 90.7 Å². The first-order valence-electron chi connectivity index (χ1n) is 5.79. The second-order valence-corrected chi connectivity index (χ2v) is 12.3. The van der Waals surface area contributed by atoms with Crippen molar-refractivity contribution in [2.75, 3.05) is 6.61 Å². The quantitative estimate of drug-likeness (QED) is 0.645. The minimum absolute atomic E-state index is 0.419. The van der Waals surface area contributed by atoms with Gasteiger partial charge in [0.1, 0.15) is 0 Å². The Hall–Kier alpha value is 0.759. The molecule has 0 amide bonds. The van der Waals surface area contributed by atoms with Crippen LogP contribution in [0.15, 0.2) is 0 Å². The minimum atomic E-state index is -0.999. The molecule has 1 radical (unpaired) electrons. The third-order valence-electron chi connectivity index (χ3n) is 2.46. The average Bonchev–Trinajstić information content (AvgIpc) is 2.17. The summed E-state index contributed by atoms with van der Waals surface area (Å²) in [4.78, 5) is 0. The second-order valence-electron chi connectivity index (χ2n) is 3.78. The topological polar surface area (TPSA) is 20.2 Å². The number of aliphatic hydroxyl groups excluding tert-OH is 1. The SMILES string of the molecule is CCC[CH2][Sn]([CH2]CCC)[CH2]CCO. The van der Waals surface area contributed by atoms with Crippen LogP contribution in [0.3, 0.4) is 0 Å². The summed E-state index contributed by atoms with van der Waals surface area (Å²) < 4.78 is 4.57. The van der Waals surface area contributed by atoms with Gasteiger partial charge < -0.3 is 0 Å². The summed E-state index contributed by atoms with van der Waals surface area (Å²) in [5.41, 5.74) is 0. The number of hydrogen-bond acceptors (Lipinski definition) is 1. The Morgan fingerprint density at radius 2 is 1.31 bits per heavy atom. The van der Waals surface area contributed by atoms with Crippen molar-refractivity contribution in [3.63, 3.8) is 0 Å². The standard InChI is InChI=1S/2C4H9.C3H7O.Sn/c2*1-3-4-2;1-2-3-4;/h2*1,3-4H2,2H3;4H,1-3H2;. The van der Waals surface area contributed by atoms with Gasteiger partial charge in [-0.1, -0.05) is 0 Å². The second kappa shape index (κ2) is 10.8. The molecule has 79 valence electrons. The predicted octanol–water partition coefficient (Wildman–Crippen LogP) is 3.46. The van der Waals surface area contributed by atoms with Crippen LogP contribution in [0.5, 0.6) is 0 Å². The summed E-state index contributed by atoms with van der Waals surface area (Å²) in [6.07, 6.45) is 6.70. The van der Waals surface area contributed by atoms with E-state index in [-0.39, 0.29) is 0 Å². The Kier molecular flexibility index (Phi) is 11.5. The van der Waals surface area contributed by atoms with Crippen molar-refractivity contribution in [1.82, 2.24) is 0 Å². The van der Waals surface area contributed by atoms with E-state index in [1.807, 2.05) is 0 Å². The predicted molar refractivity (Wildman–Crippen MR) is 61.7 cm³/mol. The molecule has 1 N–H and O–H groups in total. The molecule has 0 spiro atoms. The van der Waals surface area contributed by atoms with Crippen LogP contribution in [0.1, 0.15) is 46.0 Å². The zero-order valence-electron chi connectivity index (χ0n) is 9.31. The molecule has 0 aromatic rings. The Morgan fingerprint density at radius 3 is 1.69 bits per heavy atom. The van der Waals surface area contributed by atoms with Gasteiger partial charge in [0.25, 0.3) is 0 Å². The van der Waals surface area contributed by atoms with Gasteiger partial charge in [-0.05, 0) is 0 Å². The molecule has 0 aliphatic carbocycles. The van der Waals surface area contributed by atoms with Crippen molar-refractivity contribution >= 4 is 19.8 Å². The van der Waals surface area contributed by atoms with Crippen LogP contribution in [0.2, 0.25) is 13.3 Å². The molecular weight excluding hydrogens is 267 g/mol. The van der Waals surface area contributed by atoms with Crippen molar-refractivity contribution in [2.45, 2.75) is 59.3 Å². The normalized spacial score (nSPS) is 11.1. The molecule has 0 saturated carbocycles. The van der Waals surface area contributed by atoms with Crippen LogP contribution < -0.4 is 0 Å². The first-order valence-corrected chi connectivity index (χ1v) is 11.8. The third kappa shape index (κ3) is 9.07. The average molecular weight is 292 g/mol. The molecular formula is C11H25OSn. The maximum absolute atomic E-state index is 8.80. The monoisotopic (exact) mass is 293 g/mol.